The van der Waals surface area contributed by atoms with Crippen molar-refractivity contribution in [3.8, 4) is 11.3 Å². The standard InChI is InChI=1S/C20H26F2N4.C2H6/c1-12(2)18-17(15-10-14(21)6-7-16(15)22)24-19-20(4,5)26(13(3)11-23)9-8-25(18)19;1-2/h6-7,10,12H,3,8-9,11,23H2,1-2,4-5H3;1-2H3. The molecule has 0 aliphatic carbocycles. The van der Waals surface area contributed by atoms with Crippen molar-refractivity contribution in [2.45, 2.75) is 59.5 Å². The van der Waals surface area contributed by atoms with E-state index in [2.05, 4.69) is 29.9 Å². The minimum atomic E-state index is -0.473. The number of nitrogens with two attached hydrogens (primary N) is 1. The van der Waals surface area contributed by atoms with Gasteiger partial charge < -0.3 is 15.2 Å². The summed E-state index contributed by atoms with van der Waals surface area (Å²) in [4.78, 5) is 6.94. The molecule has 1 aromatic heterocycles. The van der Waals surface area contributed by atoms with Crippen molar-refractivity contribution in [1.82, 2.24) is 14.5 Å². The summed E-state index contributed by atoms with van der Waals surface area (Å²) in [5, 5.41) is 0. The maximum atomic E-state index is 14.5. The highest BCUT2D eigenvalue weighted by molar-refractivity contribution is 5.64. The molecule has 0 saturated heterocycles. The summed E-state index contributed by atoms with van der Waals surface area (Å²) >= 11 is 0. The summed E-state index contributed by atoms with van der Waals surface area (Å²) in [6.45, 7) is 18.1. The number of aromatic nitrogens is 2. The normalized spacial score (nSPS) is 15.1. The predicted octanol–water partition coefficient (Wildman–Crippen LogP) is 5.00. The van der Waals surface area contributed by atoms with Crippen LogP contribution in [0.4, 0.5) is 8.78 Å². The van der Waals surface area contributed by atoms with Crippen LogP contribution >= 0.6 is 0 Å². The average molecular weight is 391 g/mol. The van der Waals surface area contributed by atoms with Gasteiger partial charge in [0.05, 0.1) is 11.2 Å². The molecule has 0 unspecified atom stereocenters. The second kappa shape index (κ2) is 8.43. The third-order valence-electron chi connectivity index (χ3n) is 5.12. The van der Waals surface area contributed by atoms with Gasteiger partial charge in [-0.3, -0.25) is 0 Å². The van der Waals surface area contributed by atoms with Gasteiger partial charge in [-0.15, -0.1) is 0 Å². The molecular formula is C22H32F2N4. The van der Waals surface area contributed by atoms with Crippen LogP contribution in [-0.4, -0.2) is 27.5 Å². The number of hydrogen-bond acceptors (Lipinski definition) is 3. The molecule has 154 valence electrons. The van der Waals surface area contributed by atoms with E-state index in [4.69, 9.17) is 10.7 Å². The molecule has 2 N–H and O–H groups in total. The van der Waals surface area contributed by atoms with Gasteiger partial charge in [0.25, 0.3) is 0 Å². The van der Waals surface area contributed by atoms with Gasteiger partial charge in [0.2, 0.25) is 0 Å². The lowest BCUT2D eigenvalue weighted by Gasteiger charge is -2.45. The lowest BCUT2D eigenvalue weighted by atomic mass is 9.97. The molecule has 0 radical (unpaired) electrons. The Morgan fingerprint density at radius 2 is 1.89 bits per heavy atom. The van der Waals surface area contributed by atoms with Crippen LogP contribution in [0.3, 0.4) is 0 Å². The average Bonchev–Trinajstić information content (AvgIpc) is 3.06. The molecule has 3 rings (SSSR count). The monoisotopic (exact) mass is 390 g/mol. The minimum Gasteiger partial charge on any atom is -0.360 e. The molecular weight excluding hydrogens is 358 g/mol. The summed E-state index contributed by atoms with van der Waals surface area (Å²) < 4.78 is 30.4. The molecule has 28 heavy (non-hydrogen) atoms. The number of imidazole rings is 1. The largest absolute Gasteiger partial charge is 0.360 e. The zero-order chi connectivity index (χ0) is 21.2. The van der Waals surface area contributed by atoms with Gasteiger partial charge in [0.1, 0.15) is 17.5 Å². The van der Waals surface area contributed by atoms with E-state index in [1.807, 2.05) is 27.7 Å². The highest BCUT2D eigenvalue weighted by Crippen LogP contribution is 2.40. The van der Waals surface area contributed by atoms with Gasteiger partial charge in [-0.25, -0.2) is 13.8 Å². The Kier molecular flexibility index (Phi) is 6.65. The fourth-order valence-corrected chi connectivity index (χ4v) is 3.88. The van der Waals surface area contributed by atoms with E-state index in [9.17, 15) is 8.78 Å². The Labute approximate surface area is 167 Å². The summed E-state index contributed by atoms with van der Waals surface area (Å²) in [5.41, 5.74) is 7.84. The van der Waals surface area contributed by atoms with Crippen LogP contribution in [0, 0.1) is 11.6 Å². The van der Waals surface area contributed by atoms with Gasteiger partial charge in [0, 0.05) is 36.6 Å². The molecule has 0 amide bonds. The lowest BCUT2D eigenvalue weighted by molar-refractivity contribution is 0.116. The van der Waals surface area contributed by atoms with Crippen LogP contribution in [0.5, 0.6) is 0 Å². The van der Waals surface area contributed by atoms with Crippen molar-refractivity contribution in [3.63, 3.8) is 0 Å². The van der Waals surface area contributed by atoms with Crippen molar-refractivity contribution < 1.29 is 8.78 Å². The first-order chi connectivity index (χ1) is 13.2. The first kappa shape index (κ1) is 22.1. The van der Waals surface area contributed by atoms with Crippen LogP contribution in [-0.2, 0) is 12.1 Å². The van der Waals surface area contributed by atoms with Gasteiger partial charge in [-0.1, -0.05) is 34.3 Å². The number of fused-ring (bicyclic) bond motifs is 1. The van der Waals surface area contributed by atoms with Crippen molar-refractivity contribution >= 4 is 0 Å². The fraction of sp³-hybridized carbons (Fsp3) is 0.500. The number of hydrogen-bond donors (Lipinski definition) is 1. The summed E-state index contributed by atoms with van der Waals surface area (Å²) in [6.07, 6.45) is 0. The molecule has 1 aliphatic rings. The maximum absolute atomic E-state index is 14.5. The van der Waals surface area contributed by atoms with E-state index in [1.54, 1.807) is 0 Å². The number of halogens is 2. The second-order valence-electron chi connectivity index (χ2n) is 7.58. The number of benzene rings is 1. The van der Waals surface area contributed by atoms with Gasteiger partial charge in [-0.2, -0.15) is 0 Å². The van der Waals surface area contributed by atoms with Crippen molar-refractivity contribution in [3.05, 3.63) is 53.6 Å². The molecule has 0 saturated carbocycles. The smallest absolute Gasteiger partial charge is 0.135 e. The van der Waals surface area contributed by atoms with Crippen LogP contribution in [0.25, 0.3) is 11.3 Å². The third-order valence-corrected chi connectivity index (χ3v) is 5.12. The molecule has 0 atom stereocenters. The van der Waals surface area contributed by atoms with Crippen molar-refractivity contribution in [2.24, 2.45) is 5.73 Å². The topological polar surface area (TPSA) is 47.1 Å². The molecule has 2 heterocycles. The van der Waals surface area contributed by atoms with Gasteiger partial charge in [-0.05, 0) is 38.0 Å². The molecule has 6 heteroatoms. The first-order valence-electron chi connectivity index (χ1n) is 9.90. The van der Waals surface area contributed by atoms with Crippen LogP contribution in [0.2, 0.25) is 0 Å². The van der Waals surface area contributed by atoms with Crippen LogP contribution in [0.1, 0.15) is 59.0 Å². The van der Waals surface area contributed by atoms with E-state index >= 15 is 0 Å². The van der Waals surface area contributed by atoms with E-state index < -0.39 is 17.2 Å². The second-order valence-corrected chi connectivity index (χ2v) is 7.58. The summed E-state index contributed by atoms with van der Waals surface area (Å²) in [5.74, 6) is -0.000981. The van der Waals surface area contributed by atoms with E-state index in [1.165, 1.54) is 6.07 Å². The van der Waals surface area contributed by atoms with E-state index in [0.29, 0.717) is 18.8 Å². The molecule has 0 bridgehead atoms. The number of nitrogens with zero attached hydrogens (tertiary/aromatic N) is 3. The summed E-state index contributed by atoms with van der Waals surface area (Å²) in [6, 6.07) is 3.50. The Balaban J connectivity index is 0.00000136. The molecule has 4 nitrogen and oxygen atoms in total. The lowest BCUT2D eigenvalue weighted by Crippen LogP contribution is -2.49. The van der Waals surface area contributed by atoms with Gasteiger partial charge in [0.15, 0.2) is 0 Å². The Hall–Kier alpha value is -2.21. The quantitative estimate of drug-likeness (QED) is 0.799. The molecule has 1 aliphatic heterocycles. The van der Waals surface area contributed by atoms with Crippen molar-refractivity contribution in [2.75, 3.05) is 13.1 Å². The highest BCUT2D eigenvalue weighted by atomic mass is 19.1. The Bertz CT molecular complexity index is 852. The maximum Gasteiger partial charge on any atom is 0.135 e. The predicted molar refractivity (Wildman–Crippen MR) is 111 cm³/mol. The van der Waals surface area contributed by atoms with E-state index in [0.717, 1.165) is 35.9 Å². The molecule has 1 aromatic carbocycles. The molecule has 2 aromatic rings. The van der Waals surface area contributed by atoms with Gasteiger partial charge >= 0.3 is 0 Å². The fourth-order valence-electron chi connectivity index (χ4n) is 3.88. The van der Waals surface area contributed by atoms with E-state index in [-0.39, 0.29) is 11.5 Å². The number of rotatable bonds is 4. The molecule has 0 spiro atoms. The van der Waals surface area contributed by atoms with Crippen LogP contribution in [0.15, 0.2) is 30.5 Å². The zero-order valence-corrected chi connectivity index (χ0v) is 17.8. The summed E-state index contributed by atoms with van der Waals surface area (Å²) in [7, 11) is 0. The highest BCUT2D eigenvalue weighted by Gasteiger charge is 2.39. The first-order valence-corrected chi connectivity index (χ1v) is 9.90. The third kappa shape index (κ3) is 3.70. The Morgan fingerprint density at radius 1 is 1.25 bits per heavy atom. The van der Waals surface area contributed by atoms with Crippen LogP contribution < -0.4 is 5.73 Å². The SMILES string of the molecule is C=C(CN)N1CCn2c(nc(-c3cc(F)ccc3F)c2C(C)C)C1(C)C.CC. The minimum absolute atomic E-state index is 0.119. The van der Waals surface area contributed by atoms with Crippen molar-refractivity contribution in [1.29, 1.82) is 0 Å². The Morgan fingerprint density at radius 3 is 2.46 bits per heavy atom. The zero-order valence-electron chi connectivity index (χ0n) is 17.8. The molecule has 0 fully saturated rings.